The van der Waals surface area contributed by atoms with Gasteiger partial charge in [0, 0.05) is 38.6 Å². The Kier molecular flexibility index (Phi) is 5.30. The highest BCUT2D eigenvalue weighted by Gasteiger charge is 2.27. The largest absolute Gasteiger partial charge is 0.496 e. The number of hydrogen-bond acceptors (Lipinski definition) is 3. The molecule has 1 aromatic carbocycles. The van der Waals surface area contributed by atoms with Gasteiger partial charge >= 0.3 is 0 Å². The Morgan fingerprint density at radius 2 is 1.81 bits per heavy atom. The maximum Gasteiger partial charge on any atom is 0.257 e. The van der Waals surface area contributed by atoms with E-state index in [9.17, 15) is 9.59 Å². The average molecular weight is 355 g/mol. The predicted octanol–water partition coefficient (Wildman–Crippen LogP) is 2.17. The van der Waals surface area contributed by atoms with Crippen LogP contribution in [-0.2, 0) is 11.2 Å². The van der Waals surface area contributed by atoms with Crippen molar-refractivity contribution in [2.75, 3.05) is 33.3 Å². The normalized spacial score (nSPS) is 14.4. The summed E-state index contributed by atoms with van der Waals surface area (Å²) in [6.45, 7) is 6.10. The van der Waals surface area contributed by atoms with Gasteiger partial charge in [-0.25, -0.2) is 0 Å². The number of methoxy groups -OCH3 is 1. The Labute approximate surface area is 153 Å². The van der Waals surface area contributed by atoms with Crippen LogP contribution < -0.4 is 4.74 Å². The number of ether oxygens (including phenoxy) is 1. The summed E-state index contributed by atoms with van der Waals surface area (Å²) in [5.74, 6) is 0.693. The summed E-state index contributed by atoms with van der Waals surface area (Å²) in [6.07, 6.45) is 4.04. The third kappa shape index (κ3) is 3.74. The monoisotopic (exact) mass is 355 g/mol. The van der Waals surface area contributed by atoms with Crippen LogP contribution in [-0.4, -0.2) is 59.9 Å². The molecule has 2 amide bonds. The fourth-order valence-corrected chi connectivity index (χ4v) is 3.47. The van der Waals surface area contributed by atoms with Gasteiger partial charge in [0.25, 0.3) is 5.91 Å². The van der Waals surface area contributed by atoms with Crippen LogP contribution in [0.5, 0.6) is 5.75 Å². The van der Waals surface area contributed by atoms with Gasteiger partial charge in [0.2, 0.25) is 5.91 Å². The van der Waals surface area contributed by atoms with Crippen LogP contribution in [0.1, 0.15) is 27.0 Å². The number of aromatic nitrogens is 1. The van der Waals surface area contributed by atoms with Crippen LogP contribution in [0.25, 0.3) is 0 Å². The summed E-state index contributed by atoms with van der Waals surface area (Å²) < 4.78 is 5.45. The number of benzene rings is 1. The summed E-state index contributed by atoms with van der Waals surface area (Å²) in [5, 5.41) is 0. The number of amides is 2. The van der Waals surface area contributed by atoms with Crippen LogP contribution in [0.4, 0.5) is 0 Å². The SMILES string of the molecule is COc1c(C)cc(C)cc1C(=O)N1CCN(C(=O)Cc2cc[nH]c2)CC1. The van der Waals surface area contributed by atoms with E-state index >= 15 is 0 Å². The van der Waals surface area contributed by atoms with Gasteiger partial charge in [-0.1, -0.05) is 6.07 Å². The molecule has 1 aliphatic rings. The molecule has 0 unspecified atom stereocenters. The first kappa shape index (κ1) is 18.0. The summed E-state index contributed by atoms with van der Waals surface area (Å²) in [4.78, 5) is 31.9. The first-order valence-corrected chi connectivity index (χ1v) is 8.83. The van der Waals surface area contributed by atoms with E-state index in [1.165, 1.54) is 0 Å². The van der Waals surface area contributed by atoms with E-state index in [1.807, 2.05) is 49.3 Å². The first-order valence-electron chi connectivity index (χ1n) is 8.83. The molecular formula is C20H25N3O3. The van der Waals surface area contributed by atoms with Crippen molar-refractivity contribution in [3.8, 4) is 5.75 Å². The lowest BCUT2D eigenvalue weighted by Gasteiger charge is -2.35. The molecular weight excluding hydrogens is 330 g/mol. The van der Waals surface area contributed by atoms with E-state index in [-0.39, 0.29) is 11.8 Å². The Bertz CT molecular complexity index is 791. The number of rotatable bonds is 4. The van der Waals surface area contributed by atoms with Crippen molar-refractivity contribution in [1.29, 1.82) is 0 Å². The zero-order chi connectivity index (χ0) is 18.7. The van der Waals surface area contributed by atoms with Gasteiger partial charge in [0.1, 0.15) is 5.75 Å². The van der Waals surface area contributed by atoms with E-state index in [2.05, 4.69) is 4.98 Å². The molecule has 26 heavy (non-hydrogen) atoms. The number of H-pyrrole nitrogens is 1. The molecule has 0 aliphatic carbocycles. The number of piperazine rings is 1. The third-order valence-electron chi connectivity index (χ3n) is 4.79. The molecule has 1 aliphatic heterocycles. The van der Waals surface area contributed by atoms with Crippen LogP contribution >= 0.6 is 0 Å². The highest BCUT2D eigenvalue weighted by molar-refractivity contribution is 5.97. The minimum atomic E-state index is -0.0358. The lowest BCUT2D eigenvalue weighted by molar-refractivity contribution is -0.131. The van der Waals surface area contributed by atoms with Crippen LogP contribution in [0, 0.1) is 13.8 Å². The number of carbonyl (C=O) groups is 2. The number of nitrogens with one attached hydrogen (secondary N) is 1. The van der Waals surface area contributed by atoms with Crippen LogP contribution in [0.3, 0.4) is 0 Å². The van der Waals surface area contributed by atoms with Crippen LogP contribution in [0.15, 0.2) is 30.6 Å². The van der Waals surface area contributed by atoms with Crippen molar-refractivity contribution in [1.82, 2.24) is 14.8 Å². The maximum atomic E-state index is 13.0. The maximum absolute atomic E-state index is 13.0. The van der Waals surface area contributed by atoms with E-state index in [0.29, 0.717) is 43.9 Å². The lowest BCUT2D eigenvalue weighted by atomic mass is 10.0. The van der Waals surface area contributed by atoms with Gasteiger partial charge in [-0.15, -0.1) is 0 Å². The molecule has 1 fully saturated rings. The Morgan fingerprint density at radius 3 is 2.42 bits per heavy atom. The number of hydrogen-bond donors (Lipinski definition) is 1. The second-order valence-corrected chi connectivity index (χ2v) is 6.73. The number of aryl methyl sites for hydroxylation is 2. The van der Waals surface area contributed by atoms with Crippen molar-refractivity contribution in [2.45, 2.75) is 20.3 Å². The van der Waals surface area contributed by atoms with Gasteiger partial charge in [-0.3, -0.25) is 9.59 Å². The van der Waals surface area contributed by atoms with Crippen molar-refractivity contribution >= 4 is 11.8 Å². The molecule has 0 spiro atoms. The highest BCUT2D eigenvalue weighted by atomic mass is 16.5. The van der Waals surface area contributed by atoms with E-state index in [0.717, 1.165) is 16.7 Å². The molecule has 3 rings (SSSR count). The molecule has 0 atom stereocenters. The Balaban J connectivity index is 1.65. The fraction of sp³-hybridized carbons (Fsp3) is 0.400. The number of nitrogens with zero attached hydrogens (tertiary/aromatic N) is 2. The molecule has 6 nitrogen and oxygen atoms in total. The van der Waals surface area contributed by atoms with E-state index in [4.69, 9.17) is 4.74 Å². The third-order valence-corrected chi connectivity index (χ3v) is 4.79. The number of carbonyl (C=O) groups excluding carboxylic acids is 2. The second-order valence-electron chi connectivity index (χ2n) is 6.73. The first-order chi connectivity index (χ1) is 12.5. The summed E-state index contributed by atoms with van der Waals surface area (Å²) in [7, 11) is 1.59. The van der Waals surface area contributed by atoms with Crippen molar-refractivity contribution in [2.24, 2.45) is 0 Å². The van der Waals surface area contributed by atoms with Gasteiger partial charge in [0.05, 0.1) is 19.1 Å². The van der Waals surface area contributed by atoms with Crippen LogP contribution in [0.2, 0.25) is 0 Å². The highest BCUT2D eigenvalue weighted by Crippen LogP contribution is 2.26. The van der Waals surface area contributed by atoms with Crippen molar-refractivity contribution in [3.63, 3.8) is 0 Å². The minimum Gasteiger partial charge on any atom is -0.496 e. The van der Waals surface area contributed by atoms with Gasteiger partial charge in [0.15, 0.2) is 0 Å². The zero-order valence-corrected chi connectivity index (χ0v) is 15.5. The molecule has 0 bridgehead atoms. The second kappa shape index (κ2) is 7.64. The Hall–Kier alpha value is -2.76. The zero-order valence-electron chi connectivity index (χ0n) is 15.5. The quantitative estimate of drug-likeness (QED) is 0.914. The topological polar surface area (TPSA) is 65.6 Å². The predicted molar refractivity (Wildman–Crippen MR) is 99.4 cm³/mol. The van der Waals surface area contributed by atoms with E-state index < -0.39 is 0 Å². The Morgan fingerprint density at radius 1 is 1.12 bits per heavy atom. The average Bonchev–Trinajstić information content (AvgIpc) is 3.13. The van der Waals surface area contributed by atoms with Gasteiger partial charge < -0.3 is 19.5 Å². The molecule has 1 saturated heterocycles. The number of aromatic amines is 1. The van der Waals surface area contributed by atoms with E-state index in [1.54, 1.807) is 12.0 Å². The molecule has 138 valence electrons. The van der Waals surface area contributed by atoms with Crippen molar-refractivity contribution < 1.29 is 14.3 Å². The molecule has 2 heterocycles. The molecule has 0 saturated carbocycles. The fourth-order valence-electron chi connectivity index (χ4n) is 3.47. The van der Waals surface area contributed by atoms with Gasteiger partial charge in [-0.05, 0) is 42.7 Å². The molecule has 2 aromatic rings. The molecule has 1 aromatic heterocycles. The minimum absolute atomic E-state index is 0.0358. The summed E-state index contributed by atoms with van der Waals surface area (Å²) >= 11 is 0. The standard InChI is InChI=1S/C20H25N3O3/c1-14-10-15(2)19(26-3)17(11-14)20(25)23-8-6-22(7-9-23)18(24)12-16-4-5-21-13-16/h4-5,10-11,13,21H,6-9,12H2,1-3H3. The summed E-state index contributed by atoms with van der Waals surface area (Å²) in [5.41, 5.74) is 3.56. The van der Waals surface area contributed by atoms with Gasteiger partial charge in [-0.2, -0.15) is 0 Å². The molecule has 1 N–H and O–H groups in total. The summed E-state index contributed by atoms with van der Waals surface area (Å²) in [6, 6.07) is 5.79. The lowest BCUT2D eigenvalue weighted by Crippen LogP contribution is -2.51. The smallest absolute Gasteiger partial charge is 0.257 e. The molecule has 6 heteroatoms. The van der Waals surface area contributed by atoms with Crippen molar-refractivity contribution in [3.05, 3.63) is 52.8 Å². The molecule has 0 radical (unpaired) electrons.